The minimum Gasteiger partial charge on any atom is -0.462 e. The SMILES string of the molecule is CCOC(=O)c1cnc2[nH]ccc2c1N(C)[C@@H]1CC[C@@H](OC(=O)CC#N)C1. The van der Waals surface area contributed by atoms with Gasteiger partial charge in [0.15, 0.2) is 0 Å². The quantitative estimate of drug-likeness (QED) is 0.778. The van der Waals surface area contributed by atoms with Crippen molar-refractivity contribution < 1.29 is 19.1 Å². The third kappa shape index (κ3) is 3.87. The normalized spacial score (nSPS) is 18.9. The van der Waals surface area contributed by atoms with Gasteiger partial charge in [-0.1, -0.05) is 0 Å². The van der Waals surface area contributed by atoms with Gasteiger partial charge in [-0.2, -0.15) is 5.26 Å². The Morgan fingerprint density at radius 2 is 2.26 bits per heavy atom. The van der Waals surface area contributed by atoms with Crippen LogP contribution in [0.4, 0.5) is 5.69 Å². The van der Waals surface area contributed by atoms with Crippen LogP contribution in [0, 0.1) is 11.3 Å². The molecule has 0 aromatic carbocycles. The Kier molecular flexibility index (Phi) is 5.60. The van der Waals surface area contributed by atoms with Gasteiger partial charge in [0.05, 0.1) is 18.4 Å². The summed E-state index contributed by atoms with van der Waals surface area (Å²) < 4.78 is 10.6. The van der Waals surface area contributed by atoms with Gasteiger partial charge < -0.3 is 19.4 Å². The second-order valence-corrected chi connectivity index (χ2v) is 6.51. The molecular formula is C19H22N4O4. The molecule has 8 nitrogen and oxygen atoms in total. The second kappa shape index (κ2) is 8.08. The van der Waals surface area contributed by atoms with Crippen molar-refractivity contribution in [2.24, 2.45) is 0 Å². The maximum absolute atomic E-state index is 12.4. The molecule has 1 fully saturated rings. The maximum Gasteiger partial charge on any atom is 0.341 e. The average molecular weight is 370 g/mol. The monoisotopic (exact) mass is 370 g/mol. The molecule has 0 saturated heterocycles. The lowest BCUT2D eigenvalue weighted by Gasteiger charge is -2.29. The van der Waals surface area contributed by atoms with E-state index in [1.165, 1.54) is 6.20 Å². The average Bonchev–Trinajstić information content (AvgIpc) is 3.29. The predicted octanol–water partition coefficient (Wildman–Crippen LogP) is 2.55. The number of nitriles is 1. The maximum atomic E-state index is 12.4. The number of carbonyl (C=O) groups excluding carboxylic acids is 2. The number of hydrogen-bond donors (Lipinski definition) is 1. The summed E-state index contributed by atoms with van der Waals surface area (Å²) in [5, 5.41) is 9.43. The van der Waals surface area contributed by atoms with E-state index in [0.29, 0.717) is 17.6 Å². The van der Waals surface area contributed by atoms with Crippen LogP contribution in [0.15, 0.2) is 18.5 Å². The van der Waals surface area contributed by atoms with E-state index in [-0.39, 0.29) is 25.2 Å². The number of aromatic nitrogens is 2. The number of nitrogens with one attached hydrogen (secondary N) is 1. The number of pyridine rings is 1. The molecular weight excluding hydrogens is 348 g/mol. The standard InChI is InChI=1S/C19H22N4O4/c1-3-26-19(25)15-11-22-18-14(7-9-21-18)17(15)23(2)12-4-5-13(10-12)27-16(24)6-8-20/h7,9,11-13H,3-6,10H2,1-2H3,(H,21,22)/t12-,13-/m1/s1. The summed E-state index contributed by atoms with van der Waals surface area (Å²) in [7, 11) is 1.93. The van der Waals surface area contributed by atoms with Crippen molar-refractivity contribution in [1.29, 1.82) is 5.26 Å². The first-order valence-corrected chi connectivity index (χ1v) is 8.97. The van der Waals surface area contributed by atoms with Crippen LogP contribution in [0.1, 0.15) is 43.0 Å². The van der Waals surface area contributed by atoms with E-state index in [0.717, 1.165) is 23.9 Å². The summed E-state index contributed by atoms with van der Waals surface area (Å²) in [4.78, 5) is 33.4. The van der Waals surface area contributed by atoms with Gasteiger partial charge in [0.1, 0.15) is 23.7 Å². The number of fused-ring (bicyclic) bond motifs is 1. The van der Waals surface area contributed by atoms with Gasteiger partial charge in [-0.3, -0.25) is 4.79 Å². The fourth-order valence-corrected chi connectivity index (χ4v) is 3.58. The van der Waals surface area contributed by atoms with E-state index in [4.69, 9.17) is 14.7 Å². The number of ether oxygens (including phenoxy) is 2. The van der Waals surface area contributed by atoms with Gasteiger partial charge in [0.2, 0.25) is 0 Å². The van der Waals surface area contributed by atoms with Gasteiger partial charge in [0.25, 0.3) is 0 Å². The topological polar surface area (TPSA) is 108 Å². The zero-order valence-corrected chi connectivity index (χ0v) is 15.4. The van der Waals surface area contributed by atoms with Crippen molar-refractivity contribution in [3.05, 3.63) is 24.0 Å². The Hall–Kier alpha value is -3.08. The largest absolute Gasteiger partial charge is 0.462 e. The Morgan fingerprint density at radius 1 is 1.44 bits per heavy atom. The number of rotatable bonds is 6. The molecule has 1 aliphatic rings. The Balaban J connectivity index is 1.85. The van der Waals surface area contributed by atoms with Crippen LogP contribution in [0.25, 0.3) is 11.0 Å². The van der Waals surface area contributed by atoms with Crippen molar-refractivity contribution >= 4 is 28.7 Å². The smallest absolute Gasteiger partial charge is 0.341 e. The summed E-state index contributed by atoms with van der Waals surface area (Å²) in [5.41, 5.74) is 1.87. The van der Waals surface area contributed by atoms with E-state index in [9.17, 15) is 9.59 Å². The minimum absolute atomic E-state index is 0.0959. The van der Waals surface area contributed by atoms with Gasteiger partial charge >= 0.3 is 11.9 Å². The highest BCUT2D eigenvalue weighted by atomic mass is 16.5. The lowest BCUT2D eigenvalue weighted by Crippen LogP contribution is -2.32. The van der Waals surface area contributed by atoms with Gasteiger partial charge in [-0.15, -0.1) is 0 Å². The van der Waals surface area contributed by atoms with Crippen molar-refractivity contribution in [3.63, 3.8) is 0 Å². The fourth-order valence-electron chi connectivity index (χ4n) is 3.58. The molecule has 0 bridgehead atoms. The van der Waals surface area contributed by atoms with Crippen LogP contribution in [0.5, 0.6) is 0 Å². The third-order valence-corrected chi connectivity index (χ3v) is 4.83. The summed E-state index contributed by atoms with van der Waals surface area (Å²) in [5.74, 6) is -0.903. The molecule has 2 aromatic rings. The molecule has 142 valence electrons. The zero-order chi connectivity index (χ0) is 19.4. The van der Waals surface area contributed by atoms with Gasteiger partial charge in [-0.05, 0) is 25.8 Å². The summed E-state index contributed by atoms with van der Waals surface area (Å²) in [6.07, 6.45) is 5.04. The lowest BCUT2D eigenvalue weighted by atomic mass is 10.1. The highest BCUT2D eigenvalue weighted by molar-refractivity contribution is 6.04. The molecule has 1 aliphatic carbocycles. The first kappa shape index (κ1) is 18.7. The number of anilines is 1. The van der Waals surface area contributed by atoms with E-state index in [2.05, 4.69) is 9.97 Å². The molecule has 2 atom stereocenters. The molecule has 0 unspecified atom stereocenters. The molecule has 0 radical (unpaired) electrons. The number of aromatic amines is 1. The Bertz CT molecular complexity index is 885. The van der Waals surface area contributed by atoms with Crippen LogP contribution in [-0.2, 0) is 14.3 Å². The molecule has 27 heavy (non-hydrogen) atoms. The van der Waals surface area contributed by atoms with Gasteiger partial charge in [-0.25, -0.2) is 9.78 Å². The van der Waals surface area contributed by atoms with Crippen LogP contribution >= 0.6 is 0 Å². The van der Waals surface area contributed by atoms with E-state index < -0.39 is 11.9 Å². The van der Waals surface area contributed by atoms with Crippen LogP contribution < -0.4 is 4.90 Å². The van der Waals surface area contributed by atoms with Crippen molar-refractivity contribution in [2.45, 2.75) is 44.8 Å². The van der Waals surface area contributed by atoms with Crippen LogP contribution in [0.2, 0.25) is 0 Å². The van der Waals surface area contributed by atoms with Crippen molar-refractivity contribution in [1.82, 2.24) is 9.97 Å². The molecule has 2 aromatic heterocycles. The highest BCUT2D eigenvalue weighted by Gasteiger charge is 2.32. The predicted molar refractivity (Wildman–Crippen MR) is 98.2 cm³/mol. The van der Waals surface area contributed by atoms with E-state index in [1.807, 2.05) is 18.0 Å². The van der Waals surface area contributed by atoms with Gasteiger partial charge in [0, 0.05) is 37.3 Å². The molecule has 0 spiro atoms. The number of nitrogens with zero attached hydrogens (tertiary/aromatic N) is 3. The summed E-state index contributed by atoms with van der Waals surface area (Å²) >= 11 is 0. The Morgan fingerprint density at radius 3 is 3.00 bits per heavy atom. The first-order valence-electron chi connectivity index (χ1n) is 8.97. The molecule has 0 amide bonds. The summed E-state index contributed by atoms with van der Waals surface area (Å²) in [6, 6.07) is 3.78. The van der Waals surface area contributed by atoms with E-state index >= 15 is 0 Å². The molecule has 1 N–H and O–H groups in total. The number of hydrogen-bond acceptors (Lipinski definition) is 7. The zero-order valence-electron chi connectivity index (χ0n) is 15.4. The van der Waals surface area contributed by atoms with Crippen LogP contribution in [-0.4, -0.2) is 47.7 Å². The molecule has 0 aliphatic heterocycles. The minimum atomic E-state index is -0.491. The van der Waals surface area contributed by atoms with Crippen LogP contribution in [0.3, 0.4) is 0 Å². The second-order valence-electron chi connectivity index (χ2n) is 6.51. The molecule has 2 heterocycles. The highest BCUT2D eigenvalue weighted by Crippen LogP contribution is 2.35. The number of H-pyrrole nitrogens is 1. The molecule has 8 heteroatoms. The fraction of sp³-hybridized carbons (Fsp3) is 0.474. The number of carbonyl (C=O) groups is 2. The Labute approximate surface area is 157 Å². The molecule has 3 rings (SSSR count). The van der Waals surface area contributed by atoms with Crippen molar-refractivity contribution in [3.8, 4) is 6.07 Å². The summed E-state index contributed by atoms with van der Waals surface area (Å²) in [6.45, 7) is 2.05. The van der Waals surface area contributed by atoms with E-state index in [1.54, 1.807) is 19.2 Å². The van der Waals surface area contributed by atoms with Crippen molar-refractivity contribution in [2.75, 3.05) is 18.6 Å². The third-order valence-electron chi connectivity index (χ3n) is 4.83. The number of esters is 2. The first-order chi connectivity index (χ1) is 13.0. The lowest BCUT2D eigenvalue weighted by molar-refractivity contribution is -0.147. The molecule has 1 saturated carbocycles.